The van der Waals surface area contributed by atoms with E-state index in [1.807, 2.05) is 18.2 Å². The van der Waals surface area contributed by atoms with Crippen LogP contribution in [0.1, 0.15) is 44.7 Å². The molecule has 0 amide bonds. The second kappa shape index (κ2) is 13.1. The van der Waals surface area contributed by atoms with Crippen LogP contribution in [0, 0.1) is 9.85 Å². The smallest absolute Gasteiger partial charge is 0.192 e. The largest absolute Gasteiger partial charge is 0.489 e. The van der Waals surface area contributed by atoms with Crippen molar-refractivity contribution in [2.45, 2.75) is 70.9 Å². The number of benzene rings is 2. The monoisotopic (exact) mass is 520 g/mol. The summed E-state index contributed by atoms with van der Waals surface area (Å²) in [5, 5.41) is 0. The van der Waals surface area contributed by atoms with E-state index in [1.54, 1.807) is 0 Å². The molecule has 1 atom stereocenters. The molecule has 29 heavy (non-hydrogen) atoms. The summed E-state index contributed by atoms with van der Waals surface area (Å²) in [5.41, 5.74) is 2.51. The third-order valence-electron chi connectivity index (χ3n) is 5.67. The van der Waals surface area contributed by atoms with Crippen LogP contribution in [0.15, 0.2) is 54.6 Å². The van der Waals surface area contributed by atoms with Crippen molar-refractivity contribution in [2.24, 2.45) is 0 Å². The molecule has 0 aliphatic rings. The number of halogens is 1. The Morgan fingerprint density at radius 1 is 0.897 bits per heavy atom. The van der Waals surface area contributed by atoms with Gasteiger partial charge in [-0.1, -0.05) is 69.2 Å². The lowest BCUT2D eigenvalue weighted by molar-refractivity contribution is 0.182. The predicted molar refractivity (Wildman–Crippen MR) is 134 cm³/mol. The van der Waals surface area contributed by atoms with Crippen molar-refractivity contribution in [2.75, 3.05) is 0 Å². The maximum atomic E-state index is 6.73. The zero-order valence-corrected chi connectivity index (χ0v) is 21.1. The summed E-state index contributed by atoms with van der Waals surface area (Å²) >= 11 is 2.12. The highest BCUT2D eigenvalue weighted by molar-refractivity contribution is 14.1. The van der Waals surface area contributed by atoms with Crippen LogP contribution in [0.2, 0.25) is 18.1 Å². The number of hydrogen-bond donors (Lipinski definition) is 0. The van der Waals surface area contributed by atoms with Gasteiger partial charge in [0.15, 0.2) is 8.32 Å². The van der Waals surface area contributed by atoms with Crippen LogP contribution in [0.3, 0.4) is 0 Å². The molecule has 0 spiro atoms. The number of ether oxygens (including phenoxy) is 1. The van der Waals surface area contributed by atoms with Crippen LogP contribution in [-0.2, 0) is 17.5 Å². The van der Waals surface area contributed by atoms with Crippen LogP contribution >= 0.6 is 22.6 Å². The van der Waals surface area contributed by atoms with Gasteiger partial charge in [0.05, 0.1) is 6.10 Å². The summed E-state index contributed by atoms with van der Waals surface area (Å²) in [4.78, 5) is 0. The zero-order chi connectivity index (χ0) is 21.0. The van der Waals surface area contributed by atoms with Crippen LogP contribution in [0.25, 0.3) is 0 Å². The summed E-state index contributed by atoms with van der Waals surface area (Å²) in [5.74, 6) is 4.15. The first kappa shape index (κ1) is 24.0. The normalized spacial score (nSPS) is 12.1. The molecule has 0 bridgehead atoms. The molecule has 0 unspecified atom stereocenters. The van der Waals surface area contributed by atoms with Crippen molar-refractivity contribution in [3.8, 4) is 15.6 Å². The van der Waals surface area contributed by atoms with Crippen molar-refractivity contribution in [3.05, 3.63) is 65.7 Å². The Morgan fingerprint density at radius 2 is 1.55 bits per heavy atom. The lowest BCUT2D eigenvalue weighted by Crippen LogP contribution is -2.40. The van der Waals surface area contributed by atoms with Gasteiger partial charge < -0.3 is 9.16 Å². The van der Waals surface area contributed by atoms with Gasteiger partial charge in [-0.25, -0.2) is 0 Å². The highest BCUT2D eigenvalue weighted by Gasteiger charge is 2.31. The summed E-state index contributed by atoms with van der Waals surface area (Å²) < 4.78 is 15.6. The molecule has 0 N–H and O–H groups in total. The molecule has 0 heterocycles. The minimum atomic E-state index is -1.61. The van der Waals surface area contributed by atoms with Gasteiger partial charge in [-0.3, -0.25) is 0 Å². The second-order valence-electron chi connectivity index (χ2n) is 7.42. The highest BCUT2D eigenvalue weighted by Crippen LogP contribution is 2.26. The van der Waals surface area contributed by atoms with Crippen LogP contribution in [0.5, 0.6) is 5.75 Å². The maximum Gasteiger partial charge on any atom is 0.192 e. The molecule has 2 aromatic carbocycles. The fourth-order valence-corrected chi connectivity index (χ4v) is 6.66. The Morgan fingerprint density at radius 3 is 2.14 bits per heavy atom. The Kier molecular flexibility index (Phi) is 10.8. The van der Waals surface area contributed by atoms with E-state index in [0.717, 1.165) is 25.0 Å². The number of rotatable bonds is 12. The number of hydrogen-bond acceptors (Lipinski definition) is 2. The van der Waals surface area contributed by atoms with E-state index < -0.39 is 8.32 Å². The van der Waals surface area contributed by atoms with Gasteiger partial charge in [0.2, 0.25) is 0 Å². The van der Waals surface area contributed by atoms with Gasteiger partial charge in [-0.2, -0.15) is 0 Å². The van der Waals surface area contributed by atoms with Gasteiger partial charge in [0.1, 0.15) is 12.4 Å². The molecule has 4 heteroatoms. The average Bonchev–Trinajstić information content (AvgIpc) is 2.79. The summed E-state index contributed by atoms with van der Waals surface area (Å²) in [6, 6.07) is 22.3. The third kappa shape index (κ3) is 8.16. The molecule has 0 radical (unpaired) electrons. The molecule has 2 rings (SSSR count). The lowest BCUT2D eigenvalue weighted by atomic mass is 10.1. The SMILES string of the molecule is CC[Si](CC)(CC)O[C@H](CC#CI)CCc1ccc(OCc2ccccc2)cc1. The first-order valence-electron chi connectivity index (χ1n) is 10.7. The minimum absolute atomic E-state index is 0.234. The summed E-state index contributed by atoms with van der Waals surface area (Å²) in [6.45, 7) is 7.46. The van der Waals surface area contributed by atoms with Crippen molar-refractivity contribution in [3.63, 3.8) is 0 Å². The summed E-state index contributed by atoms with van der Waals surface area (Å²) in [7, 11) is -1.61. The first-order valence-corrected chi connectivity index (χ1v) is 14.3. The van der Waals surface area contributed by atoms with E-state index in [9.17, 15) is 0 Å². The lowest BCUT2D eigenvalue weighted by Gasteiger charge is -2.32. The Hall–Kier alpha value is -1.29. The van der Waals surface area contributed by atoms with Gasteiger partial charge in [0.25, 0.3) is 0 Å². The van der Waals surface area contributed by atoms with Gasteiger partial charge in [0, 0.05) is 29.0 Å². The molecule has 2 aromatic rings. The molecule has 0 aromatic heterocycles. The molecule has 156 valence electrons. The number of aryl methyl sites for hydroxylation is 1. The fraction of sp³-hybridized carbons (Fsp3) is 0.440. The van der Waals surface area contributed by atoms with Crippen LogP contribution in [-0.4, -0.2) is 14.4 Å². The van der Waals surface area contributed by atoms with Crippen molar-refractivity contribution < 1.29 is 9.16 Å². The Labute approximate surface area is 191 Å². The van der Waals surface area contributed by atoms with E-state index in [2.05, 4.69) is 89.6 Å². The molecule has 0 aliphatic heterocycles. The van der Waals surface area contributed by atoms with E-state index >= 15 is 0 Å². The van der Waals surface area contributed by atoms with Crippen molar-refractivity contribution in [1.29, 1.82) is 0 Å². The molecule has 2 nitrogen and oxygen atoms in total. The molecular formula is C25H33IO2Si. The quantitative estimate of drug-likeness (QED) is 0.165. The Bertz CT molecular complexity index is 753. The molecule has 0 saturated heterocycles. The first-order chi connectivity index (χ1) is 14.1. The molecule has 0 fully saturated rings. The van der Waals surface area contributed by atoms with Crippen molar-refractivity contribution in [1.82, 2.24) is 0 Å². The van der Waals surface area contributed by atoms with E-state index in [-0.39, 0.29) is 6.10 Å². The van der Waals surface area contributed by atoms with E-state index in [1.165, 1.54) is 29.3 Å². The maximum absolute atomic E-state index is 6.73. The fourth-order valence-electron chi connectivity index (χ4n) is 3.53. The molecule has 0 saturated carbocycles. The molecule has 0 aliphatic carbocycles. The molecular weight excluding hydrogens is 487 g/mol. The average molecular weight is 521 g/mol. The Balaban J connectivity index is 1.91. The van der Waals surface area contributed by atoms with Crippen molar-refractivity contribution >= 4 is 30.9 Å². The topological polar surface area (TPSA) is 18.5 Å². The summed E-state index contributed by atoms with van der Waals surface area (Å²) in [6.07, 6.45) is 3.09. The van der Waals surface area contributed by atoms with Gasteiger partial charge in [-0.15, -0.1) is 0 Å². The standard InChI is InChI=1S/C25H33IO2Si/c1-4-29(5-2,6-3)28-25(13-10-20-26)19-16-22-14-17-24(18-15-22)27-21-23-11-8-7-9-12-23/h7-9,11-12,14-15,17-18,25H,4-6,13,16,19,21H2,1-3H3/t25-/m1/s1. The van der Waals surface area contributed by atoms with E-state index in [0.29, 0.717) is 6.61 Å². The third-order valence-corrected chi connectivity index (χ3v) is 10.8. The zero-order valence-electron chi connectivity index (χ0n) is 17.9. The minimum Gasteiger partial charge on any atom is -0.489 e. The highest BCUT2D eigenvalue weighted by atomic mass is 127. The van der Waals surface area contributed by atoms with Gasteiger partial charge >= 0.3 is 0 Å². The second-order valence-corrected chi connectivity index (χ2v) is 12.7. The van der Waals surface area contributed by atoms with E-state index in [4.69, 9.17) is 9.16 Å². The van der Waals surface area contributed by atoms with Crippen LogP contribution in [0.4, 0.5) is 0 Å². The van der Waals surface area contributed by atoms with Gasteiger partial charge in [-0.05, 0) is 58.2 Å². The predicted octanol–water partition coefficient (Wildman–Crippen LogP) is 7.37. The van der Waals surface area contributed by atoms with Crippen LogP contribution < -0.4 is 4.74 Å².